The van der Waals surface area contributed by atoms with Gasteiger partial charge in [-0.25, -0.2) is 4.99 Å². The van der Waals surface area contributed by atoms with E-state index in [4.69, 9.17) is 21.1 Å². The number of nitrogens with zero attached hydrogens (tertiary/aromatic N) is 2. The number of nitrogens with one attached hydrogen (secondary N) is 1. The number of guanidine groups is 1. The van der Waals surface area contributed by atoms with Crippen LogP contribution >= 0.6 is 11.6 Å². The second kappa shape index (κ2) is 8.75. The van der Waals surface area contributed by atoms with E-state index >= 15 is 0 Å². The number of carbonyl (C=O) groups excluding carboxylic acids is 2. The molecule has 4 rings (SSSR count). The van der Waals surface area contributed by atoms with E-state index in [0.717, 1.165) is 16.8 Å². The molecule has 1 saturated heterocycles. The first-order chi connectivity index (χ1) is 14.5. The summed E-state index contributed by atoms with van der Waals surface area (Å²) in [6.45, 7) is 2.52. The Morgan fingerprint density at radius 3 is 2.80 bits per heavy atom. The van der Waals surface area contributed by atoms with Crippen LogP contribution < -0.4 is 10.1 Å². The lowest BCUT2D eigenvalue weighted by Gasteiger charge is -2.29. The van der Waals surface area contributed by atoms with Gasteiger partial charge in [0.05, 0.1) is 30.5 Å². The molecule has 2 aliphatic heterocycles. The minimum absolute atomic E-state index is 0.0662. The first-order valence-electron chi connectivity index (χ1n) is 9.80. The highest BCUT2D eigenvalue weighted by Gasteiger charge is 2.39. The van der Waals surface area contributed by atoms with Crippen LogP contribution in [0.2, 0.25) is 5.02 Å². The Bertz CT molecular complexity index is 993. The second-order valence-electron chi connectivity index (χ2n) is 7.18. The molecule has 0 spiro atoms. The fourth-order valence-electron chi connectivity index (χ4n) is 3.57. The molecule has 0 saturated carbocycles. The second-order valence-corrected chi connectivity index (χ2v) is 7.55. The number of halogens is 1. The van der Waals surface area contributed by atoms with Crippen molar-refractivity contribution in [1.82, 2.24) is 10.2 Å². The van der Waals surface area contributed by atoms with Gasteiger partial charge >= 0.3 is 5.97 Å². The van der Waals surface area contributed by atoms with E-state index < -0.39 is 0 Å². The van der Waals surface area contributed by atoms with Crippen LogP contribution in [0.1, 0.15) is 24.5 Å². The summed E-state index contributed by atoms with van der Waals surface area (Å²) in [7, 11) is 0. The van der Waals surface area contributed by atoms with E-state index in [1.807, 2.05) is 41.3 Å². The molecular weight excluding hydrogens is 406 g/mol. The van der Waals surface area contributed by atoms with E-state index in [1.54, 1.807) is 6.07 Å². The molecule has 7 nitrogen and oxygen atoms in total. The van der Waals surface area contributed by atoms with Crippen molar-refractivity contribution in [2.45, 2.75) is 32.4 Å². The Morgan fingerprint density at radius 1 is 1.23 bits per heavy atom. The molecule has 1 N–H and O–H groups in total. The summed E-state index contributed by atoms with van der Waals surface area (Å²) in [5.41, 5.74) is 2.63. The Kier molecular flexibility index (Phi) is 5.90. The molecule has 30 heavy (non-hydrogen) atoms. The Balaban J connectivity index is 1.48. The van der Waals surface area contributed by atoms with Crippen LogP contribution in [0.15, 0.2) is 47.5 Å². The lowest BCUT2D eigenvalue weighted by atomic mass is 10.0. The topological polar surface area (TPSA) is 80.2 Å². The molecule has 1 atom stereocenters. The summed E-state index contributed by atoms with van der Waals surface area (Å²) in [4.78, 5) is 29.9. The van der Waals surface area contributed by atoms with Crippen molar-refractivity contribution in [2.75, 3.05) is 13.2 Å². The molecule has 0 bridgehead atoms. The fraction of sp³-hybridized carbons (Fsp3) is 0.318. The number of ether oxygens (including phenoxy) is 2. The Hall–Kier alpha value is -3.06. The maximum absolute atomic E-state index is 12.6. The van der Waals surface area contributed by atoms with E-state index in [0.29, 0.717) is 49.3 Å². The zero-order valence-corrected chi connectivity index (χ0v) is 17.3. The van der Waals surface area contributed by atoms with Gasteiger partial charge in [-0.1, -0.05) is 41.9 Å². The molecule has 2 heterocycles. The van der Waals surface area contributed by atoms with Crippen molar-refractivity contribution in [2.24, 2.45) is 4.99 Å². The molecule has 1 amide bonds. The van der Waals surface area contributed by atoms with Crippen molar-refractivity contribution in [3.63, 3.8) is 0 Å². The number of carbonyl (C=O) groups is 2. The maximum Gasteiger partial charge on any atom is 0.302 e. The number of benzene rings is 2. The first kappa shape index (κ1) is 20.2. The molecule has 0 aliphatic carbocycles. The van der Waals surface area contributed by atoms with Crippen LogP contribution in [0.5, 0.6) is 5.75 Å². The number of fused-ring (bicyclic) bond motifs is 2. The van der Waals surface area contributed by atoms with Gasteiger partial charge in [0.1, 0.15) is 11.8 Å². The number of rotatable bonds is 7. The minimum atomic E-state index is -0.344. The zero-order chi connectivity index (χ0) is 21.1. The highest BCUT2D eigenvalue weighted by Crippen LogP contribution is 2.39. The normalized spacial score (nSPS) is 17.0. The fourth-order valence-corrected chi connectivity index (χ4v) is 3.84. The van der Waals surface area contributed by atoms with Crippen LogP contribution in [0.3, 0.4) is 0 Å². The molecule has 1 unspecified atom stereocenters. The predicted molar refractivity (Wildman–Crippen MR) is 113 cm³/mol. The van der Waals surface area contributed by atoms with Gasteiger partial charge in [0, 0.05) is 25.3 Å². The van der Waals surface area contributed by atoms with Crippen molar-refractivity contribution < 1.29 is 19.1 Å². The molecule has 1 fully saturated rings. The number of aliphatic imine (C=N–C) groups is 1. The summed E-state index contributed by atoms with van der Waals surface area (Å²) in [6, 6.07) is 13.2. The van der Waals surface area contributed by atoms with Crippen LogP contribution in [0, 0.1) is 0 Å². The van der Waals surface area contributed by atoms with Crippen molar-refractivity contribution in [1.29, 1.82) is 0 Å². The smallest absolute Gasteiger partial charge is 0.302 e. The van der Waals surface area contributed by atoms with Gasteiger partial charge in [0.2, 0.25) is 11.9 Å². The summed E-state index contributed by atoms with van der Waals surface area (Å²) >= 11 is 6.61. The van der Waals surface area contributed by atoms with Gasteiger partial charge in [0.15, 0.2) is 0 Å². The summed E-state index contributed by atoms with van der Waals surface area (Å²) in [5, 5.41) is 3.37. The quantitative estimate of drug-likeness (QED) is 0.542. The first-order valence-corrected chi connectivity index (χ1v) is 10.2. The maximum atomic E-state index is 12.6. The third kappa shape index (κ3) is 4.26. The number of esters is 1. The predicted octanol–water partition coefficient (Wildman–Crippen LogP) is 3.22. The van der Waals surface area contributed by atoms with E-state index in [9.17, 15) is 9.59 Å². The molecule has 8 heteroatoms. The van der Waals surface area contributed by atoms with Gasteiger partial charge in [-0.05, 0) is 17.7 Å². The summed E-state index contributed by atoms with van der Waals surface area (Å²) in [5.74, 6) is 0.729. The van der Waals surface area contributed by atoms with Gasteiger partial charge in [-0.3, -0.25) is 14.9 Å². The molecule has 2 aromatic carbocycles. The van der Waals surface area contributed by atoms with Crippen LogP contribution in [-0.4, -0.2) is 42.0 Å². The zero-order valence-electron chi connectivity index (χ0n) is 16.6. The van der Waals surface area contributed by atoms with Gasteiger partial charge in [-0.2, -0.15) is 0 Å². The van der Waals surface area contributed by atoms with Crippen LogP contribution in [0.25, 0.3) is 0 Å². The Morgan fingerprint density at radius 2 is 2.03 bits per heavy atom. The number of amides is 1. The van der Waals surface area contributed by atoms with Crippen molar-refractivity contribution >= 4 is 35.1 Å². The average molecular weight is 428 g/mol. The minimum Gasteiger partial charge on any atom is -0.492 e. The van der Waals surface area contributed by atoms with Gasteiger partial charge < -0.3 is 14.4 Å². The van der Waals surface area contributed by atoms with E-state index in [-0.39, 0.29) is 17.9 Å². The highest BCUT2D eigenvalue weighted by atomic mass is 35.5. The number of hydrogen-bond donors (Lipinski definition) is 1. The third-order valence-corrected chi connectivity index (χ3v) is 5.46. The molecule has 0 aromatic heterocycles. The molecular formula is C22H22ClN3O4. The SMILES string of the molecule is CC(=O)OCCCOc1ccc2c(c1Cl)CN1C(=N2)NC(=O)C1Cc1ccccc1. The monoisotopic (exact) mass is 427 g/mol. The van der Waals surface area contributed by atoms with Gasteiger partial charge in [-0.15, -0.1) is 0 Å². The third-order valence-electron chi connectivity index (χ3n) is 5.05. The average Bonchev–Trinajstić information content (AvgIpc) is 3.03. The van der Waals surface area contributed by atoms with E-state index in [2.05, 4.69) is 10.3 Å². The van der Waals surface area contributed by atoms with Crippen LogP contribution in [-0.2, 0) is 27.3 Å². The lowest BCUT2D eigenvalue weighted by molar-refractivity contribution is -0.141. The Labute approximate surface area is 179 Å². The molecule has 156 valence electrons. The van der Waals surface area contributed by atoms with Crippen molar-refractivity contribution in [3.8, 4) is 5.75 Å². The summed E-state index contributed by atoms with van der Waals surface area (Å²) in [6.07, 6.45) is 1.16. The largest absolute Gasteiger partial charge is 0.492 e. The van der Waals surface area contributed by atoms with Crippen molar-refractivity contribution in [3.05, 3.63) is 58.6 Å². The van der Waals surface area contributed by atoms with E-state index in [1.165, 1.54) is 6.92 Å². The molecule has 2 aliphatic rings. The lowest BCUT2D eigenvalue weighted by Crippen LogP contribution is -2.38. The van der Waals surface area contributed by atoms with Crippen LogP contribution in [0.4, 0.5) is 5.69 Å². The highest BCUT2D eigenvalue weighted by molar-refractivity contribution is 6.33. The molecule has 2 aromatic rings. The standard InChI is InChI=1S/C22H22ClN3O4/c1-14(27)29-10-5-11-30-19-9-8-17-16(20(19)23)13-26-18(21(28)25-22(26)24-17)12-15-6-3-2-4-7-15/h2-4,6-9,18H,5,10-13H2,1H3,(H,24,25,28). The number of hydrogen-bond acceptors (Lipinski definition) is 6. The summed E-state index contributed by atoms with van der Waals surface area (Å²) < 4.78 is 10.7. The van der Waals surface area contributed by atoms with Gasteiger partial charge in [0.25, 0.3) is 0 Å². The molecule has 0 radical (unpaired) electrons.